The number of benzene rings is 1. The van der Waals surface area contributed by atoms with Gasteiger partial charge in [0.05, 0.1) is 11.4 Å². The van der Waals surface area contributed by atoms with E-state index in [9.17, 15) is 14.0 Å². The van der Waals surface area contributed by atoms with Crippen molar-refractivity contribution in [3.8, 4) is 11.3 Å². The average Bonchev–Trinajstić information content (AvgIpc) is 3.02. The zero-order valence-electron chi connectivity index (χ0n) is 15.1. The molecule has 1 aromatic carbocycles. The Bertz CT molecular complexity index is 761. The average molecular weight is 377 g/mol. The van der Waals surface area contributed by atoms with Crippen LogP contribution in [0.1, 0.15) is 52.4 Å². The molecule has 0 aliphatic rings. The SMILES string of the molecule is CCCCCCCC(=O)Nc1nc(-c2ccc(F)cc2NC(C)=O)cs1. The fraction of sp³-hybridized carbons (Fsp3) is 0.421. The smallest absolute Gasteiger partial charge is 0.226 e. The van der Waals surface area contributed by atoms with Gasteiger partial charge in [0.1, 0.15) is 5.82 Å². The first kappa shape index (κ1) is 20.0. The molecule has 0 saturated carbocycles. The number of carbonyl (C=O) groups is 2. The second-order valence-electron chi connectivity index (χ2n) is 6.12. The standard InChI is InChI=1S/C19H24FN3O2S/c1-3-4-5-6-7-8-18(25)23-19-22-17(12-26-19)15-10-9-14(20)11-16(15)21-13(2)24/h9-12H,3-8H2,1-2H3,(H,21,24)(H,22,23,25). The summed E-state index contributed by atoms with van der Waals surface area (Å²) in [5, 5.41) is 7.68. The van der Waals surface area contributed by atoms with Gasteiger partial charge in [0.25, 0.3) is 0 Å². The van der Waals surface area contributed by atoms with Crippen LogP contribution in [0.3, 0.4) is 0 Å². The molecule has 2 amide bonds. The Balaban J connectivity index is 1.99. The van der Waals surface area contributed by atoms with Crippen molar-refractivity contribution in [1.29, 1.82) is 0 Å². The summed E-state index contributed by atoms with van der Waals surface area (Å²) >= 11 is 1.30. The van der Waals surface area contributed by atoms with Crippen molar-refractivity contribution in [1.82, 2.24) is 4.98 Å². The van der Waals surface area contributed by atoms with Gasteiger partial charge in [-0.2, -0.15) is 0 Å². The first-order chi connectivity index (χ1) is 12.5. The molecule has 1 heterocycles. The molecule has 0 saturated heterocycles. The second kappa shape index (κ2) is 10.0. The third-order valence-electron chi connectivity index (χ3n) is 3.83. The monoisotopic (exact) mass is 377 g/mol. The Hall–Kier alpha value is -2.28. The van der Waals surface area contributed by atoms with Gasteiger partial charge in [-0.05, 0) is 24.6 Å². The Morgan fingerprint density at radius 2 is 1.92 bits per heavy atom. The molecule has 26 heavy (non-hydrogen) atoms. The summed E-state index contributed by atoms with van der Waals surface area (Å²) < 4.78 is 13.5. The maximum Gasteiger partial charge on any atom is 0.226 e. The summed E-state index contributed by atoms with van der Waals surface area (Å²) in [4.78, 5) is 27.7. The van der Waals surface area contributed by atoms with Crippen molar-refractivity contribution in [2.45, 2.75) is 52.4 Å². The summed E-state index contributed by atoms with van der Waals surface area (Å²) in [6.07, 6.45) is 5.94. The van der Waals surface area contributed by atoms with E-state index >= 15 is 0 Å². The molecule has 5 nitrogen and oxygen atoms in total. The van der Waals surface area contributed by atoms with Crippen LogP contribution in [0, 0.1) is 5.82 Å². The fourth-order valence-electron chi connectivity index (χ4n) is 2.56. The minimum Gasteiger partial charge on any atom is -0.326 e. The highest BCUT2D eigenvalue weighted by Crippen LogP contribution is 2.31. The summed E-state index contributed by atoms with van der Waals surface area (Å²) in [7, 11) is 0. The van der Waals surface area contributed by atoms with E-state index in [4.69, 9.17) is 0 Å². The van der Waals surface area contributed by atoms with E-state index in [0.29, 0.717) is 28.5 Å². The third kappa shape index (κ3) is 6.22. The van der Waals surface area contributed by atoms with Crippen molar-refractivity contribution in [3.05, 3.63) is 29.4 Å². The Morgan fingerprint density at radius 1 is 1.15 bits per heavy atom. The highest BCUT2D eigenvalue weighted by Gasteiger charge is 2.13. The molecule has 2 rings (SSSR count). The lowest BCUT2D eigenvalue weighted by Gasteiger charge is -2.08. The molecule has 2 N–H and O–H groups in total. The largest absolute Gasteiger partial charge is 0.326 e. The van der Waals surface area contributed by atoms with Gasteiger partial charge in [0, 0.05) is 24.3 Å². The molecule has 0 bridgehead atoms. The van der Waals surface area contributed by atoms with Crippen molar-refractivity contribution in [3.63, 3.8) is 0 Å². The van der Waals surface area contributed by atoms with E-state index in [1.54, 1.807) is 11.4 Å². The topological polar surface area (TPSA) is 71.1 Å². The van der Waals surface area contributed by atoms with Gasteiger partial charge in [-0.3, -0.25) is 9.59 Å². The lowest BCUT2D eigenvalue weighted by molar-refractivity contribution is -0.116. The van der Waals surface area contributed by atoms with Gasteiger partial charge in [0.2, 0.25) is 11.8 Å². The van der Waals surface area contributed by atoms with Crippen LogP contribution in [0.4, 0.5) is 15.2 Å². The molecular formula is C19H24FN3O2S. The third-order valence-corrected chi connectivity index (χ3v) is 4.58. The summed E-state index contributed by atoms with van der Waals surface area (Å²) in [5.74, 6) is -0.781. The number of aromatic nitrogens is 1. The van der Waals surface area contributed by atoms with Crippen LogP contribution in [-0.2, 0) is 9.59 Å². The van der Waals surface area contributed by atoms with Crippen molar-refractivity contribution in [2.75, 3.05) is 10.6 Å². The molecule has 0 spiro atoms. The number of halogens is 1. The number of carbonyl (C=O) groups excluding carboxylic acids is 2. The van der Waals surface area contributed by atoms with E-state index in [2.05, 4.69) is 22.5 Å². The number of anilines is 2. The molecule has 1 aromatic heterocycles. The number of nitrogens with one attached hydrogen (secondary N) is 2. The predicted octanol–water partition coefficient (Wildman–Crippen LogP) is 5.21. The zero-order valence-corrected chi connectivity index (χ0v) is 15.9. The van der Waals surface area contributed by atoms with Crippen LogP contribution in [-0.4, -0.2) is 16.8 Å². The predicted molar refractivity (Wildman–Crippen MR) is 104 cm³/mol. The Morgan fingerprint density at radius 3 is 2.65 bits per heavy atom. The molecule has 0 aliphatic carbocycles. The lowest BCUT2D eigenvalue weighted by atomic mass is 10.1. The number of thiazole rings is 1. The minimum atomic E-state index is -0.440. The summed E-state index contributed by atoms with van der Waals surface area (Å²) in [6.45, 7) is 3.52. The number of hydrogen-bond donors (Lipinski definition) is 2. The molecule has 2 aromatic rings. The van der Waals surface area contributed by atoms with Crippen LogP contribution in [0.15, 0.2) is 23.6 Å². The first-order valence-electron chi connectivity index (χ1n) is 8.82. The number of rotatable bonds is 9. The van der Waals surface area contributed by atoms with Crippen LogP contribution < -0.4 is 10.6 Å². The maximum absolute atomic E-state index is 13.5. The quantitative estimate of drug-likeness (QED) is 0.590. The van der Waals surface area contributed by atoms with Gasteiger partial charge < -0.3 is 10.6 Å². The van der Waals surface area contributed by atoms with Gasteiger partial charge in [-0.15, -0.1) is 11.3 Å². The second-order valence-corrected chi connectivity index (χ2v) is 6.98. The maximum atomic E-state index is 13.5. The van der Waals surface area contributed by atoms with E-state index in [1.165, 1.54) is 43.2 Å². The molecule has 7 heteroatoms. The molecule has 0 atom stereocenters. The molecule has 0 fully saturated rings. The zero-order chi connectivity index (χ0) is 18.9. The van der Waals surface area contributed by atoms with Gasteiger partial charge in [-0.1, -0.05) is 32.6 Å². The minimum absolute atomic E-state index is 0.0522. The normalized spacial score (nSPS) is 10.6. The fourth-order valence-corrected chi connectivity index (χ4v) is 3.29. The number of hydrogen-bond acceptors (Lipinski definition) is 4. The first-order valence-corrected chi connectivity index (χ1v) is 9.70. The highest BCUT2D eigenvalue weighted by atomic mass is 32.1. The Labute approximate surface area is 157 Å². The Kier molecular flexibility index (Phi) is 7.72. The molecule has 140 valence electrons. The van der Waals surface area contributed by atoms with E-state index in [0.717, 1.165) is 19.3 Å². The number of nitrogens with zero attached hydrogens (tertiary/aromatic N) is 1. The van der Waals surface area contributed by atoms with Gasteiger partial charge in [-0.25, -0.2) is 9.37 Å². The molecular weight excluding hydrogens is 353 g/mol. The number of amides is 2. The number of unbranched alkanes of at least 4 members (excludes halogenated alkanes) is 4. The molecule has 0 aliphatic heterocycles. The van der Waals surface area contributed by atoms with E-state index in [-0.39, 0.29) is 11.8 Å². The summed E-state index contributed by atoms with van der Waals surface area (Å²) in [6, 6.07) is 4.13. The van der Waals surface area contributed by atoms with Gasteiger partial charge in [0.15, 0.2) is 5.13 Å². The van der Waals surface area contributed by atoms with Crippen LogP contribution in [0.5, 0.6) is 0 Å². The lowest BCUT2D eigenvalue weighted by Crippen LogP contribution is -2.11. The van der Waals surface area contributed by atoms with Crippen molar-refractivity contribution < 1.29 is 14.0 Å². The van der Waals surface area contributed by atoms with Gasteiger partial charge >= 0.3 is 0 Å². The van der Waals surface area contributed by atoms with Crippen molar-refractivity contribution in [2.24, 2.45) is 0 Å². The van der Waals surface area contributed by atoms with Crippen molar-refractivity contribution >= 4 is 34.0 Å². The van der Waals surface area contributed by atoms with Crippen LogP contribution in [0.25, 0.3) is 11.3 Å². The van der Waals surface area contributed by atoms with E-state index in [1.807, 2.05) is 0 Å². The van der Waals surface area contributed by atoms with Crippen LogP contribution in [0.2, 0.25) is 0 Å². The van der Waals surface area contributed by atoms with Crippen LogP contribution >= 0.6 is 11.3 Å². The highest BCUT2D eigenvalue weighted by molar-refractivity contribution is 7.14. The summed E-state index contributed by atoms with van der Waals surface area (Å²) in [5.41, 5.74) is 1.55. The molecule has 0 radical (unpaired) electrons. The molecule has 0 unspecified atom stereocenters. The van der Waals surface area contributed by atoms with E-state index < -0.39 is 5.82 Å².